The first-order valence-corrected chi connectivity index (χ1v) is 8.87. The van der Waals surface area contributed by atoms with Gasteiger partial charge in [-0.25, -0.2) is 0 Å². The molecule has 1 fully saturated rings. The molecule has 0 N–H and O–H groups in total. The molecule has 0 spiro atoms. The van der Waals surface area contributed by atoms with Crippen molar-refractivity contribution < 1.29 is 9.47 Å². The average molecular weight is 325 g/mol. The fourth-order valence-corrected chi connectivity index (χ4v) is 3.39. The molecule has 3 rings (SSSR count). The molecule has 2 aromatic rings. The van der Waals surface area contributed by atoms with E-state index in [1.165, 1.54) is 5.56 Å². The predicted octanol–water partition coefficient (Wildman–Crippen LogP) is 4.23. The van der Waals surface area contributed by atoms with Crippen LogP contribution in [-0.2, 0) is 4.74 Å². The Kier molecular flexibility index (Phi) is 5.89. The zero-order chi connectivity index (χ0) is 16.8. The summed E-state index contributed by atoms with van der Waals surface area (Å²) in [6.45, 7) is 8.13. The van der Waals surface area contributed by atoms with Crippen LogP contribution in [0, 0.1) is 0 Å². The van der Waals surface area contributed by atoms with Gasteiger partial charge in [-0.2, -0.15) is 0 Å². The Morgan fingerprint density at radius 1 is 0.958 bits per heavy atom. The van der Waals surface area contributed by atoms with E-state index >= 15 is 0 Å². The second-order valence-electron chi connectivity index (χ2n) is 6.58. The van der Waals surface area contributed by atoms with E-state index in [0.29, 0.717) is 12.2 Å². The molecular formula is C21H27NO2. The maximum absolute atomic E-state index is 6.08. The molecule has 24 heavy (non-hydrogen) atoms. The highest BCUT2D eigenvalue weighted by Crippen LogP contribution is 2.29. The number of hydrogen-bond acceptors (Lipinski definition) is 3. The van der Waals surface area contributed by atoms with Crippen LogP contribution in [0.4, 0.5) is 0 Å². The molecule has 1 aliphatic heterocycles. The van der Waals surface area contributed by atoms with E-state index in [1.54, 1.807) is 0 Å². The highest BCUT2D eigenvalue weighted by atomic mass is 16.5. The molecule has 0 aromatic heterocycles. The molecule has 128 valence electrons. The minimum Gasteiger partial charge on any atom is -0.493 e. The number of para-hydroxylation sites is 1. The van der Waals surface area contributed by atoms with Crippen molar-refractivity contribution in [2.24, 2.45) is 0 Å². The van der Waals surface area contributed by atoms with Gasteiger partial charge in [0.15, 0.2) is 0 Å². The Labute approximate surface area is 145 Å². The summed E-state index contributed by atoms with van der Waals surface area (Å²) in [4.78, 5) is 2.48. The maximum atomic E-state index is 6.08. The van der Waals surface area contributed by atoms with Gasteiger partial charge in [0.05, 0.1) is 18.8 Å². The Morgan fingerprint density at radius 3 is 2.38 bits per heavy atom. The molecule has 1 heterocycles. The van der Waals surface area contributed by atoms with E-state index in [0.717, 1.165) is 44.0 Å². The highest BCUT2D eigenvalue weighted by Gasteiger charge is 2.21. The second-order valence-corrected chi connectivity index (χ2v) is 6.58. The first kappa shape index (κ1) is 17.0. The third-order valence-electron chi connectivity index (χ3n) is 4.34. The van der Waals surface area contributed by atoms with Gasteiger partial charge in [0.2, 0.25) is 0 Å². The lowest BCUT2D eigenvalue weighted by molar-refractivity contribution is -0.0686. The van der Waals surface area contributed by atoms with E-state index < -0.39 is 0 Å². The molecule has 0 radical (unpaired) electrons. The summed E-state index contributed by atoms with van der Waals surface area (Å²) in [5.74, 6) is 0.965. The zero-order valence-electron chi connectivity index (χ0n) is 14.7. The van der Waals surface area contributed by atoms with Crippen LogP contribution in [0.2, 0.25) is 0 Å². The van der Waals surface area contributed by atoms with Crippen LogP contribution in [0.15, 0.2) is 54.6 Å². The van der Waals surface area contributed by atoms with Gasteiger partial charge >= 0.3 is 0 Å². The van der Waals surface area contributed by atoms with E-state index in [-0.39, 0.29) is 0 Å². The number of nitrogens with zero attached hydrogens (tertiary/aromatic N) is 1. The van der Waals surface area contributed by atoms with Crippen LogP contribution in [0.5, 0.6) is 5.75 Å². The first-order valence-electron chi connectivity index (χ1n) is 8.87. The van der Waals surface area contributed by atoms with Crippen molar-refractivity contribution in [1.82, 2.24) is 4.90 Å². The third kappa shape index (κ3) is 4.59. The van der Waals surface area contributed by atoms with Crippen LogP contribution in [-0.4, -0.2) is 43.3 Å². The topological polar surface area (TPSA) is 21.7 Å². The minimum absolute atomic E-state index is 0.327. The summed E-state index contributed by atoms with van der Waals surface area (Å²) in [5.41, 5.74) is 2.36. The van der Waals surface area contributed by atoms with Crippen molar-refractivity contribution in [2.75, 3.05) is 26.2 Å². The highest BCUT2D eigenvalue weighted by molar-refractivity contribution is 5.70. The normalized spacial score (nSPS) is 21.6. The summed E-state index contributed by atoms with van der Waals surface area (Å²) in [6, 6.07) is 18.7. The maximum Gasteiger partial charge on any atom is 0.127 e. The molecule has 0 aliphatic carbocycles. The number of hydrogen-bond donors (Lipinski definition) is 0. The molecule has 3 heteroatoms. The molecule has 1 saturated heterocycles. The number of morpholine rings is 1. The molecule has 1 aliphatic rings. The van der Waals surface area contributed by atoms with Crippen LogP contribution in [0.25, 0.3) is 11.1 Å². The standard InChI is InChI=1S/C21H27NO2/c1-17-15-22(16-18(2)24-17)13-8-14-23-21-12-7-6-11-20(21)19-9-4-3-5-10-19/h3-7,9-12,17-18H,8,13-16H2,1-2H3/t17-,18-/m1/s1. The quantitative estimate of drug-likeness (QED) is 0.742. The first-order chi connectivity index (χ1) is 11.7. The van der Waals surface area contributed by atoms with Crippen molar-refractivity contribution in [1.29, 1.82) is 0 Å². The van der Waals surface area contributed by atoms with Crippen molar-refractivity contribution in [3.8, 4) is 16.9 Å². The predicted molar refractivity (Wildman–Crippen MR) is 98.4 cm³/mol. The van der Waals surface area contributed by atoms with Gasteiger partial charge in [0.1, 0.15) is 5.75 Å². The van der Waals surface area contributed by atoms with Gasteiger partial charge in [-0.1, -0.05) is 48.5 Å². The average Bonchev–Trinajstić information content (AvgIpc) is 2.59. The molecule has 0 unspecified atom stereocenters. The van der Waals surface area contributed by atoms with Crippen LogP contribution in [0.1, 0.15) is 20.3 Å². The minimum atomic E-state index is 0.327. The number of rotatable bonds is 6. The molecule has 0 saturated carbocycles. The van der Waals surface area contributed by atoms with Crippen molar-refractivity contribution in [3.63, 3.8) is 0 Å². The van der Waals surface area contributed by atoms with E-state index in [4.69, 9.17) is 9.47 Å². The Hall–Kier alpha value is -1.84. The van der Waals surface area contributed by atoms with Crippen molar-refractivity contribution in [2.45, 2.75) is 32.5 Å². The summed E-state index contributed by atoms with van der Waals surface area (Å²) in [5, 5.41) is 0. The summed E-state index contributed by atoms with van der Waals surface area (Å²) in [7, 11) is 0. The Morgan fingerprint density at radius 2 is 1.62 bits per heavy atom. The van der Waals surface area contributed by atoms with Gasteiger partial charge in [-0.3, -0.25) is 4.90 Å². The molecule has 0 amide bonds. The second kappa shape index (κ2) is 8.32. The van der Waals surface area contributed by atoms with Gasteiger partial charge in [-0.05, 0) is 31.9 Å². The van der Waals surface area contributed by atoms with E-state index in [1.807, 2.05) is 12.1 Å². The summed E-state index contributed by atoms with van der Waals surface area (Å²) >= 11 is 0. The largest absolute Gasteiger partial charge is 0.493 e. The SMILES string of the molecule is C[C@@H]1CN(CCCOc2ccccc2-c2ccccc2)C[C@@H](C)O1. The third-order valence-corrected chi connectivity index (χ3v) is 4.34. The monoisotopic (exact) mass is 325 g/mol. The van der Waals surface area contributed by atoms with E-state index in [9.17, 15) is 0 Å². The van der Waals surface area contributed by atoms with Crippen molar-refractivity contribution in [3.05, 3.63) is 54.6 Å². The zero-order valence-corrected chi connectivity index (χ0v) is 14.7. The molecule has 2 atom stereocenters. The Balaban J connectivity index is 1.52. The number of benzene rings is 2. The fraction of sp³-hybridized carbons (Fsp3) is 0.429. The van der Waals surface area contributed by atoms with Crippen LogP contribution >= 0.6 is 0 Å². The lowest BCUT2D eigenvalue weighted by Gasteiger charge is -2.35. The van der Waals surface area contributed by atoms with Crippen molar-refractivity contribution >= 4 is 0 Å². The molecule has 3 nitrogen and oxygen atoms in total. The van der Waals surface area contributed by atoms with Gasteiger partial charge in [0.25, 0.3) is 0 Å². The molecule has 2 aromatic carbocycles. The molecule has 0 bridgehead atoms. The van der Waals surface area contributed by atoms with Gasteiger partial charge in [-0.15, -0.1) is 0 Å². The summed E-state index contributed by atoms with van der Waals surface area (Å²) < 4.78 is 11.9. The molecular weight excluding hydrogens is 298 g/mol. The summed E-state index contributed by atoms with van der Waals surface area (Å²) in [6.07, 6.45) is 1.68. The lowest BCUT2D eigenvalue weighted by atomic mass is 10.1. The smallest absolute Gasteiger partial charge is 0.127 e. The lowest BCUT2D eigenvalue weighted by Crippen LogP contribution is -2.45. The number of ether oxygens (including phenoxy) is 2. The van der Waals surface area contributed by atoms with Crippen LogP contribution < -0.4 is 4.74 Å². The van der Waals surface area contributed by atoms with Gasteiger partial charge < -0.3 is 9.47 Å². The van der Waals surface area contributed by atoms with E-state index in [2.05, 4.69) is 61.2 Å². The van der Waals surface area contributed by atoms with Crippen LogP contribution in [0.3, 0.4) is 0 Å². The van der Waals surface area contributed by atoms with Gasteiger partial charge in [0, 0.05) is 25.2 Å². The fourth-order valence-electron chi connectivity index (χ4n) is 3.39. The Bertz CT molecular complexity index is 619.